The van der Waals surface area contributed by atoms with Crippen molar-refractivity contribution in [2.75, 3.05) is 0 Å². The third-order valence-electron chi connectivity index (χ3n) is 18.8. The number of hydrogen-bond acceptors (Lipinski definition) is 6. The highest BCUT2D eigenvalue weighted by molar-refractivity contribution is 5.88. The molecule has 12 aromatic carbocycles. The smallest absolute Gasteiger partial charge is 0.178 e. The molecule has 0 saturated carbocycles. The lowest BCUT2D eigenvalue weighted by Gasteiger charge is -2.23. The maximum absolute atomic E-state index is 11.8. The molecule has 6 heteroatoms. The van der Waals surface area contributed by atoms with E-state index in [-0.39, 0.29) is 0 Å². The molecule has 6 nitrogen and oxygen atoms in total. The minimum absolute atomic E-state index is 0.752. The fraction of sp³-hybridized carbons (Fsp3) is 0.0714. The van der Waals surface area contributed by atoms with Crippen LogP contribution in [0.2, 0.25) is 0 Å². The Morgan fingerprint density at radius 2 is 0.211 bits per heavy atom. The molecular formula is C84H54O6. The average molecular weight is 1160 g/mol. The first-order valence-corrected chi connectivity index (χ1v) is 30.0. The summed E-state index contributed by atoms with van der Waals surface area (Å²) < 4.78 is 0. The van der Waals surface area contributed by atoms with Gasteiger partial charge in [0.15, 0.2) is 33.6 Å². The van der Waals surface area contributed by atoms with E-state index in [2.05, 4.69) is 35.5 Å². The summed E-state index contributed by atoms with van der Waals surface area (Å²) >= 11 is 0. The zero-order valence-electron chi connectivity index (χ0n) is 48.4. The van der Waals surface area contributed by atoms with Crippen molar-refractivity contribution in [3.05, 3.63) is 358 Å². The van der Waals surface area contributed by atoms with Crippen molar-refractivity contribution in [2.24, 2.45) is 0 Å². The van der Waals surface area contributed by atoms with Gasteiger partial charge in [0.05, 0.1) is 0 Å². The van der Waals surface area contributed by atoms with Crippen LogP contribution in [0, 0.1) is 35.5 Å². The highest BCUT2D eigenvalue weighted by atomic mass is 16.3. The van der Waals surface area contributed by atoms with Crippen LogP contribution in [0.1, 0.15) is 66.8 Å². The van der Waals surface area contributed by atoms with E-state index in [9.17, 15) is 30.6 Å². The summed E-state index contributed by atoms with van der Waals surface area (Å²) in [4.78, 5) is 0. The molecule has 6 aliphatic carbocycles. The van der Waals surface area contributed by atoms with Gasteiger partial charge in [0, 0.05) is 66.8 Å². The zero-order chi connectivity index (χ0) is 61.0. The van der Waals surface area contributed by atoms with Gasteiger partial charge in [-0.15, -0.1) is 0 Å². The standard InChI is InChI=1S/3C28H18O2/c3*29-27(23-13-5-1-9-19(23)20-10-2-6-14-24(20)27)17-18-28(30)25-15-7-3-11-21(25)22-12-4-8-16-26(22)28/h3*1-16,29-30H. The predicted octanol–water partition coefficient (Wildman–Crippen LogP) is 14.5. The van der Waals surface area contributed by atoms with Gasteiger partial charge in [0.2, 0.25) is 0 Å². The molecule has 6 N–H and O–H groups in total. The molecular weight excluding hydrogens is 1100 g/mol. The van der Waals surface area contributed by atoms with Gasteiger partial charge in [-0.05, 0) is 66.8 Å². The van der Waals surface area contributed by atoms with Gasteiger partial charge in [-0.25, -0.2) is 0 Å². The van der Waals surface area contributed by atoms with Crippen LogP contribution in [-0.2, 0) is 33.6 Å². The first-order valence-electron chi connectivity index (χ1n) is 30.0. The second-order valence-corrected chi connectivity index (χ2v) is 23.6. The molecule has 0 spiro atoms. The van der Waals surface area contributed by atoms with E-state index < -0.39 is 33.6 Å². The second-order valence-electron chi connectivity index (χ2n) is 23.6. The first-order chi connectivity index (χ1) is 43.9. The van der Waals surface area contributed by atoms with Crippen LogP contribution in [0.25, 0.3) is 66.8 Å². The van der Waals surface area contributed by atoms with E-state index in [1.807, 2.05) is 291 Å². The van der Waals surface area contributed by atoms with Crippen LogP contribution < -0.4 is 0 Å². The fourth-order valence-electron chi connectivity index (χ4n) is 14.6. The van der Waals surface area contributed by atoms with Crippen molar-refractivity contribution < 1.29 is 30.6 Å². The molecule has 0 aliphatic heterocycles. The molecule has 0 unspecified atom stereocenters. The molecule has 0 amide bonds. The Morgan fingerprint density at radius 3 is 0.300 bits per heavy atom. The molecule has 12 aromatic rings. The van der Waals surface area contributed by atoms with E-state index in [0.29, 0.717) is 0 Å². The monoisotopic (exact) mass is 1160 g/mol. The predicted molar refractivity (Wildman–Crippen MR) is 353 cm³/mol. The number of aliphatic hydroxyl groups is 6. The molecule has 90 heavy (non-hydrogen) atoms. The maximum Gasteiger partial charge on any atom is 0.178 e. The summed E-state index contributed by atoms with van der Waals surface area (Å²) in [6, 6.07) is 93.4. The Kier molecular flexibility index (Phi) is 12.3. The van der Waals surface area contributed by atoms with Gasteiger partial charge in [0.25, 0.3) is 0 Å². The van der Waals surface area contributed by atoms with Crippen LogP contribution >= 0.6 is 0 Å². The Bertz CT molecular complexity index is 4090. The maximum atomic E-state index is 11.8. The van der Waals surface area contributed by atoms with Gasteiger partial charge in [-0.2, -0.15) is 0 Å². The average Bonchev–Trinajstić information content (AvgIpc) is 1.63. The summed E-state index contributed by atoms with van der Waals surface area (Å²) in [6.45, 7) is 0. The first kappa shape index (κ1) is 54.5. The van der Waals surface area contributed by atoms with Crippen LogP contribution in [0.5, 0.6) is 0 Å². The van der Waals surface area contributed by atoms with Crippen molar-refractivity contribution in [3.8, 4) is 102 Å². The summed E-state index contributed by atoms with van der Waals surface area (Å²) in [5, 5.41) is 70.7. The highest BCUT2D eigenvalue weighted by Gasteiger charge is 2.47. The minimum atomic E-state index is -1.48. The molecule has 18 rings (SSSR count). The molecule has 6 aliphatic rings. The Hall–Kier alpha value is -10.9. The van der Waals surface area contributed by atoms with Crippen LogP contribution in [0.4, 0.5) is 0 Å². The van der Waals surface area contributed by atoms with Crippen molar-refractivity contribution in [2.45, 2.75) is 33.6 Å². The van der Waals surface area contributed by atoms with Gasteiger partial charge in [-0.3, -0.25) is 0 Å². The lowest BCUT2D eigenvalue weighted by molar-refractivity contribution is 0.138. The van der Waals surface area contributed by atoms with E-state index in [1.54, 1.807) is 0 Å². The SMILES string of the molecule is OC1(C#CC2(O)c3ccccc3-c3ccccc32)c2ccccc2-c2ccccc21.OC1(C#CC2(O)c3ccccc3-c3ccccc32)c2ccccc2-c2ccccc21.OC1(C#CC2(O)c3ccccc3-c3ccccc32)c2ccccc2-c2ccccc21. The third-order valence-corrected chi connectivity index (χ3v) is 18.8. The van der Waals surface area contributed by atoms with Crippen molar-refractivity contribution in [1.82, 2.24) is 0 Å². The number of benzene rings is 12. The minimum Gasteiger partial charge on any atom is -0.369 e. The molecule has 0 radical (unpaired) electrons. The van der Waals surface area contributed by atoms with E-state index in [1.165, 1.54) is 0 Å². The molecule has 0 bridgehead atoms. The molecule has 0 aromatic heterocycles. The van der Waals surface area contributed by atoms with Gasteiger partial charge in [0.1, 0.15) is 0 Å². The van der Waals surface area contributed by atoms with Gasteiger partial charge < -0.3 is 30.6 Å². The van der Waals surface area contributed by atoms with Crippen LogP contribution in [0.15, 0.2) is 291 Å². The second kappa shape index (κ2) is 20.3. The topological polar surface area (TPSA) is 121 Å². The molecule has 0 fully saturated rings. The van der Waals surface area contributed by atoms with E-state index in [4.69, 9.17) is 0 Å². The van der Waals surface area contributed by atoms with Crippen molar-refractivity contribution >= 4 is 0 Å². The Balaban J connectivity index is 0.000000108. The largest absolute Gasteiger partial charge is 0.369 e. The fourth-order valence-corrected chi connectivity index (χ4v) is 14.6. The Morgan fingerprint density at radius 1 is 0.133 bits per heavy atom. The van der Waals surface area contributed by atoms with Crippen LogP contribution in [-0.4, -0.2) is 30.6 Å². The zero-order valence-corrected chi connectivity index (χ0v) is 48.4. The van der Waals surface area contributed by atoms with Crippen molar-refractivity contribution in [1.29, 1.82) is 0 Å². The molecule has 426 valence electrons. The molecule has 0 saturated heterocycles. The molecule has 0 atom stereocenters. The highest BCUT2D eigenvalue weighted by Crippen LogP contribution is 2.54. The third kappa shape index (κ3) is 7.87. The van der Waals surface area contributed by atoms with Crippen molar-refractivity contribution in [3.63, 3.8) is 0 Å². The van der Waals surface area contributed by atoms with Crippen LogP contribution in [0.3, 0.4) is 0 Å². The van der Waals surface area contributed by atoms with E-state index in [0.717, 1.165) is 134 Å². The van der Waals surface area contributed by atoms with E-state index >= 15 is 0 Å². The summed E-state index contributed by atoms with van der Waals surface area (Å²) in [5.41, 5.74) is 11.9. The summed E-state index contributed by atoms with van der Waals surface area (Å²) in [7, 11) is 0. The molecule has 0 heterocycles. The normalized spacial score (nSPS) is 15.9. The van der Waals surface area contributed by atoms with Gasteiger partial charge in [-0.1, -0.05) is 327 Å². The Labute approximate surface area is 521 Å². The van der Waals surface area contributed by atoms with Gasteiger partial charge >= 0.3 is 0 Å². The quantitative estimate of drug-likeness (QED) is 0.0842. The number of rotatable bonds is 0. The summed E-state index contributed by atoms with van der Waals surface area (Å²) in [6.07, 6.45) is 0. The lowest BCUT2D eigenvalue weighted by atomic mass is 9.87. The lowest BCUT2D eigenvalue weighted by Crippen LogP contribution is -2.26. The number of fused-ring (bicyclic) bond motifs is 18. The number of hydrogen-bond donors (Lipinski definition) is 6. The summed E-state index contributed by atoms with van der Waals surface area (Å²) in [5.74, 6) is 18.5.